The van der Waals surface area contributed by atoms with E-state index in [9.17, 15) is 8.42 Å². The van der Waals surface area contributed by atoms with E-state index in [1.165, 1.54) is 6.26 Å². The molecule has 0 saturated heterocycles. The third-order valence-corrected chi connectivity index (χ3v) is 3.41. The lowest BCUT2D eigenvalue weighted by Gasteiger charge is -2.11. The van der Waals surface area contributed by atoms with Gasteiger partial charge in [0.05, 0.1) is 11.4 Å². The van der Waals surface area contributed by atoms with E-state index in [2.05, 4.69) is 17.2 Å². The molecule has 0 saturated carbocycles. The Kier molecular flexibility index (Phi) is 6.24. The van der Waals surface area contributed by atoms with Crippen LogP contribution in [0.5, 0.6) is 5.75 Å². The quantitative estimate of drug-likeness (QED) is 0.730. The molecule has 1 aromatic rings. The first-order chi connectivity index (χ1) is 8.92. The predicted octanol–water partition coefficient (Wildman–Crippen LogP) is 1.31. The predicted molar refractivity (Wildman–Crippen MR) is 76.2 cm³/mol. The number of hydrogen-bond donors (Lipinski definition) is 1. The normalized spacial score (nSPS) is 11.5. The number of aryl methyl sites for hydroxylation is 1. The summed E-state index contributed by atoms with van der Waals surface area (Å²) in [4.78, 5) is 4.42. The Bertz CT molecular complexity index is 501. The number of aromatic nitrogens is 1. The third-order valence-electron chi connectivity index (χ3n) is 2.50. The summed E-state index contributed by atoms with van der Waals surface area (Å²) in [6, 6.07) is 3.70. The number of nitrogens with zero attached hydrogens (tertiary/aromatic N) is 1. The maximum Gasteiger partial charge on any atom is 0.150 e. The smallest absolute Gasteiger partial charge is 0.150 e. The zero-order valence-corrected chi connectivity index (χ0v) is 12.6. The van der Waals surface area contributed by atoms with Crippen LogP contribution in [0.15, 0.2) is 12.1 Å². The standard InChI is InChI=1S/C13H22N2O3S/c1-4-7-14-10-12-13(6-5-11(2)15-12)18-8-9-19(3,16)17/h5-6,14H,4,7-10H2,1-3H3. The second-order valence-electron chi connectivity index (χ2n) is 4.55. The van der Waals surface area contributed by atoms with Gasteiger partial charge < -0.3 is 10.1 Å². The monoisotopic (exact) mass is 286 g/mol. The maximum absolute atomic E-state index is 11.1. The second-order valence-corrected chi connectivity index (χ2v) is 6.81. The summed E-state index contributed by atoms with van der Waals surface area (Å²) in [5.41, 5.74) is 1.74. The summed E-state index contributed by atoms with van der Waals surface area (Å²) < 4.78 is 27.6. The van der Waals surface area contributed by atoms with Gasteiger partial charge in [-0.3, -0.25) is 4.98 Å². The van der Waals surface area contributed by atoms with Gasteiger partial charge in [0.1, 0.15) is 12.4 Å². The van der Waals surface area contributed by atoms with Gasteiger partial charge in [0.25, 0.3) is 0 Å². The van der Waals surface area contributed by atoms with Gasteiger partial charge in [-0.1, -0.05) is 6.92 Å². The highest BCUT2D eigenvalue weighted by Gasteiger charge is 2.08. The summed E-state index contributed by atoms with van der Waals surface area (Å²) in [7, 11) is -3.00. The first kappa shape index (κ1) is 15.9. The zero-order chi connectivity index (χ0) is 14.3. The van der Waals surface area contributed by atoms with Crippen molar-refractivity contribution in [2.75, 3.05) is 25.2 Å². The fourth-order valence-electron chi connectivity index (χ4n) is 1.54. The summed E-state index contributed by atoms with van der Waals surface area (Å²) in [5.74, 6) is 0.667. The van der Waals surface area contributed by atoms with Gasteiger partial charge in [-0.2, -0.15) is 0 Å². The Morgan fingerprint density at radius 2 is 2.11 bits per heavy atom. The molecule has 6 heteroatoms. The molecule has 19 heavy (non-hydrogen) atoms. The van der Waals surface area contributed by atoms with Crippen molar-refractivity contribution in [2.45, 2.75) is 26.8 Å². The number of nitrogens with one attached hydrogen (secondary N) is 1. The Labute approximate surface area is 115 Å². The molecule has 0 radical (unpaired) electrons. The van der Waals surface area contributed by atoms with Crippen LogP contribution in [-0.2, 0) is 16.4 Å². The Balaban J connectivity index is 2.65. The minimum Gasteiger partial charge on any atom is -0.491 e. The third kappa shape index (κ3) is 6.54. The van der Waals surface area contributed by atoms with Gasteiger partial charge in [-0.15, -0.1) is 0 Å². The molecule has 5 nitrogen and oxygen atoms in total. The van der Waals surface area contributed by atoms with Crippen molar-refractivity contribution in [3.05, 3.63) is 23.5 Å². The fourth-order valence-corrected chi connectivity index (χ4v) is 1.93. The van der Waals surface area contributed by atoms with Crippen molar-refractivity contribution in [1.82, 2.24) is 10.3 Å². The average molecular weight is 286 g/mol. The van der Waals surface area contributed by atoms with Crippen LogP contribution in [0.25, 0.3) is 0 Å². The molecule has 1 aromatic heterocycles. The van der Waals surface area contributed by atoms with Gasteiger partial charge in [0.2, 0.25) is 0 Å². The molecule has 0 aliphatic carbocycles. The molecule has 1 rings (SSSR count). The van der Waals surface area contributed by atoms with Gasteiger partial charge in [0.15, 0.2) is 9.84 Å². The number of hydrogen-bond acceptors (Lipinski definition) is 5. The summed E-state index contributed by atoms with van der Waals surface area (Å²) in [6.07, 6.45) is 2.25. The maximum atomic E-state index is 11.1. The number of sulfone groups is 1. The topological polar surface area (TPSA) is 68.3 Å². The van der Waals surface area contributed by atoms with E-state index < -0.39 is 9.84 Å². The van der Waals surface area contributed by atoms with Gasteiger partial charge in [-0.05, 0) is 32.0 Å². The lowest BCUT2D eigenvalue weighted by Crippen LogP contribution is -2.17. The Morgan fingerprint density at radius 1 is 1.37 bits per heavy atom. The van der Waals surface area contributed by atoms with Crippen LogP contribution >= 0.6 is 0 Å². The number of pyridine rings is 1. The summed E-state index contributed by atoms with van der Waals surface area (Å²) in [5, 5.41) is 3.26. The second kappa shape index (κ2) is 7.45. The van der Waals surface area contributed by atoms with Crippen molar-refractivity contribution >= 4 is 9.84 Å². The molecule has 0 aromatic carbocycles. The van der Waals surface area contributed by atoms with E-state index in [0.29, 0.717) is 12.3 Å². The van der Waals surface area contributed by atoms with E-state index in [0.717, 1.165) is 24.4 Å². The molecular formula is C13H22N2O3S. The highest BCUT2D eigenvalue weighted by atomic mass is 32.2. The molecule has 0 atom stereocenters. The molecular weight excluding hydrogens is 264 g/mol. The van der Waals surface area contributed by atoms with E-state index in [4.69, 9.17) is 4.74 Å². The van der Waals surface area contributed by atoms with Crippen LogP contribution in [0, 0.1) is 6.92 Å². The summed E-state index contributed by atoms with van der Waals surface area (Å²) >= 11 is 0. The van der Waals surface area contributed by atoms with Crippen LogP contribution in [0.4, 0.5) is 0 Å². The van der Waals surface area contributed by atoms with Crippen LogP contribution in [0.1, 0.15) is 24.7 Å². The molecule has 0 bridgehead atoms. The Hall–Kier alpha value is -1.14. The molecule has 0 amide bonds. The van der Waals surface area contributed by atoms with Crippen LogP contribution in [0.3, 0.4) is 0 Å². The first-order valence-electron chi connectivity index (χ1n) is 6.40. The summed E-state index contributed by atoms with van der Waals surface area (Å²) in [6.45, 7) is 5.72. The van der Waals surface area contributed by atoms with Crippen molar-refractivity contribution in [3.8, 4) is 5.75 Å². The lowest BCUT2D eigenvalue weighted by molar-refractivity contribution is 0.334. The van der Waals surface area contributed by atoms with Crippen molar-refractivity contribution < 1.29 is 13.2 Å². The fraction of sp³-hybridized carbons (Fsp3) is 0.615. The first-order valence-corrected chi connectivity index (χ1v) is 8.46. The largest absolute Gasteiger partial charge is 0.491 e. The van der Waals surface area contributed by atoms with Crippen molar-refractivity contribution in [3.63, 3.8) is 0 Å². The van der Waals surface area contributed by atoms with Crippen molar-refractivity contribution in [2.24, 2.45) is 0 Å². The van der Waals surface area contributed by atoms with E-state index >= 15 is 0 Å². The molecule has 0 unspecified atom stereocenters. The van der Waals surface area contributed by atoms with Gasteiger partial charge >= 0.3 is 0 Å². The minimum atomic E-state index is -3.00. The van der Waals surface area contributed by atoms with Gasteiger partial charge in [0, 0.05) is 18.5 Å². The molecule has 1 heterocycles. The average Bonchev–Trinajstić information content (AvgIpc) is 2.30. The number of ether oxygens (including phenoxy) is 1. The van der Waals surface area contributed by atoms with E-state index in [-0.39, 0.29) is 12.4 Å². The van der Waals surface area contributed by atoms with Crippen molar-refractivity contribution in [1.29, 1.82) is 0 Å². The van der Waals surface area contributed by atoms with E-state index in [1.807, 2.05) is 19.1 Å². The van der Waals surface area contributed by atoms with Crippen LogP contribution in [-0.4, -0.2) is 38.6 Å². The lowest BCUT2D eigenvalue weighted by atomic mass is 10.2. The molecule has 0 fully saturated rings. The van der Waals surface area contributed by atoms with E-state index in [1.54, 1.807) is 0 Å². The molecule has 1 N–H and O–H groups in total. The molecule has 0 spiro atoms. The van der Waals surface area contributed by atoms with Crippen LogP contribution < -0.4 is 10.1 Å². The minimum absolute atomic E-state index is 0.0166. The molecule has 0 aliphatic rings. The molecule has 0 aliphatic heterocycles. The van der Waals surface area contributed by atoms with Gasteiger partial charge in [-0.25, -0.2) is 8.42 Å². The molecule has 108 valence electrons. The highest BCUT2D eigenvalue weighted by Crippen LogP contribution is 2.16. The highest BCUT2D eigenvalue weighted by molar-refractivity contribution is 7.90. The SMILES string of the molecule is CCCNCc1nc(C)ccc1OCCS(C)(=O)=O. The number of rotatable bonds is 8. The van der Waals surface area contributed by atoms with Crippen LogP contribution in [0.2, 0.25) is 0 Å². The zero-order valence-electron chi connectivity index (χ0n) is 11.8. The Morgan fingerprint density at radius 3 is 2.74 bits per heavy atom.